The van der Waals surface area contributed by atoms with E-state index in [1.54, 1.807) is 0 Å². The molecule has 0 saturated carbocycles. The number of aryl methyl sites for hydroxylation is 2. The molecule has 0 aliphatic carbocycles. The molecular formula is C16H19NO2. The van der Waals surface area contributed by atoms with Crippen LogP contribution in [-0.2, 0) is 0 Å². The normalized spacial score (nSPS) is 12.2. The van der Waals surface area contributed by atoms with Gasteiger partial charge in [-0.1, -0.05) is 30.3 Å². The summed E-state index contributed by atoms with van der Waals surface area (Å²) in [5, 5.41) is 22.6. The summed E-state index contributed by atoms with van der Waals surface area (Å²) in [7, 11) is 0. The predicted octanol–water partition coefficient (Wildman–Crippen LogP) is 3.15. The Morgan fingerprint density at radius 1 is 1.05 bits per heavy atom. The van der Waals surface area contributed by atoms with Crippen molar-refractivity contribution >= 4 is 5.69 Å². The summed E-state index contributed by atoms with van der Waals surface area (Å²) in [6, 6.07) is 13.4. The van der Waals surface area contributed by atoms with E-state index in [9.17, 15) is 10.2 Å². The maximum atomic E-state index is 9.79. The van der Waals surface area contributed by atoms with E-state index in [2.05, 4.69) is 5.32 Å². The molecular weight excluding hydrogens is 238 g/mol. The Hall–Kier alpha value is -2.00. The van der Waals surface area contributed by atoms with Crippen molar-refractivity contribution in [3.05, 3.63) is 59.2 Å². The Bertz CT molecular complexity index is 529. The van der Waals surface area contributed by atoms with Crippen LogP contribution in [0.5, 0.6) is 5.75 Å². The number of phenols is 1. The van der Waals surface area contributed by atoms with Crippen LogP contribution in [0.25, 0.3) is 0 Å². The van der Waals surface area contributed by atoms with E-state index >= 15 is 0 Å². The fourth-order valence-electron chi connectivity index (χ4n) is 2.16. The lowest BCUT2D eigenvalue weighted by molar-refractivity contribution is 0.276. The molecule has 1 atom stereocenters. The quantitative estimate of drug-likeness (QED) is 0.788. The Morgan fingerprint density at radius 2 is 1.63 bits per heavy atom. The zero-order valence-corrected chi connectivity index (χ0v) is 11.2. The van der Waals surface area contributed by atoms with Crippen molar-refractivity contribution in [3.8, 4) is 5.75 Å². The zero-order valence-electron chi connectivity index (χ0n) is 11.2. The molecule has 0 bridgehead atoms. The Morgan fingerprint density at radius 3 is 2.16 bits per heavy atom. The number of hydrogen-bond donors (Lipinski definition) is 3. The largest absolute Gasteiger partial charge is 0.507 e. The van der Waals surface area contributed by atoms with Gasteiger partial charge in [0, 0.05) is 5.69 Å². The highest BCUT2D eigenvalue weighted by Crippen LogP contribution is 2.27. The number of benzene rings is 2. The zero-order chi connectivity index (χ0) is 13.8. The monoisotopic (exact) mass is 257 g/mol. The molecule has 0 aromatic heterocycles. The van der Waals surface area contributed by atoms with Gasteiger partial charge in [0.25, 0.3) is 0 Å². The first-order chi connectivity index (χ1) is 9.11. The van der Waals surface area contributed by atoms with Gasteiger partial charge in [-0.05, 0) is 42.7 Å². The van der Waals surface area contributed by atoms with Crippen LogP contribution < -0.4 is 5.32 Å². The van der Waals surface area contributed by atoms with Crippen molar-refractivity contribution in [2.45, 2.75) is 19.9 Å². The first kappa shape index (κ1) is 13.4. The average Bonchev–Trinajstić information content (AvgIpc) is 2.42. The lowest BCUT2D eigenvalue weighted by Crippen LogP contribution is -2.15. The lowest BCUT2D eigenvalue weighted by atomic mass is 10.0. The molecule has 2 aromatic carbocycles. The number of aliphatic hydroxyl groups excluding tert-OH is 1. The molecule has 3 heteroatoms. The minimum absolute atomic E-state index is 0.00144. The molecule has 100 valence electrons. The van der Waals surface area contributed by atoms with E-state index in [4.69, 9.17) is 0 Å². The Labute approximate surface area is 113 Å². The molecule has 0 saturated heterocycles. The van der Waals surface area contributed by atoms with Crippen LogP contribution in [-0.4, -0.2) is 16.8 Å². The molecule has 3 nitrogen and oxygen atoms in total. The second kappa shape index (κ2) is 5.76. The highest BCUT2D eigenvalue weighted by atomic mass is 16.3. The third kappa shape index (κ3) is 3.06. The van der Waals surface area contributed by atoms with E-state index in [-0.39, 0.29) is 12.6 Å². The fraction of sp³-hybridized carbons (Fsp3) is 0.250. The van der Waals surface area contributed by atoms with E-state index in [1.165, 1.54) is 0 Å². The molecule has 3 N–H and O–H groups in total. The lowest BCUT2D eigenvalue weighted by Gasteiger charge is -2.19. The second-order valence-corrected chi connectivity index (χ2v) is 4.75. The van der Waals surface area contributed by atoms with Crippen LogP contribution >= 0.6 is 0 Å². The minimum atomic E-state index is -0.180. The number of aliphatic hydroxyl groups is 1. The maximum Gasteiger partial charge on any atom is 0.121 e. The summed E-state index contributed by atoms with van der Waals surface area (Å²) in [6.07, 6.45) is 0. The number of aromatic hydroxyl groups is 1. The standard InChI is InChI=1S/C16H19NO2/c1-11-8-13(9-12(2)16(11)19)15(10-18)17-14-6-4-3-5-7-14/h3-9,15,17-19H,10H2,1-2H3. The van der Waals surface area contributed by atoms with Crippen LogP contribution in [0.2, 0.25) is 0 Å². The molecule has 2 rings (SSSR count). The molecule has 0 fully saturated rings. The summed E-state index contributed by atoms with van der Waals surface area (Å²) in [5.74, 6) is 0.320. The second-order valence-electron chi connectivity index (χ2n) is 4.75. The van der Waals surface area contributed by atoms with Crippen LogP contribution in [0, 0.1) is 13.8 Å². The average molecular weight is 257 g/mol. The number of rotatable bonds is 4. The molecule has 1 unspecified atom stereocenters. The topological polar surface area (TPSA) is 52.5 Å². The van der Waals surface area contributed by atoms with E-state index in [1.807, 2.05) is 56.3 Å². The van der Waals surface area contributed by atoms with Gasteiger partial charge in [-0.15, -0.1) is 0 Å². The number of hydrogen-bond acceptors (Lipinski definition) is 3. The van der Waals surface area contributed by atoms with E-state index in [0.717, 1.165) is 22.4 Å². The van der Waals surface area contributed by atoms with Gasteiger partial charge in [-0.25, -0.2) is 0 Å². The van der Waals surface area contributed by atoms with Gasteiger partial charge in [0.15, 0.2) is 0 Å². The first-order valence-electron chi connectivity index (χ1n) is 6.34. The van der Waals surface area contributed by atoms with Crippen LogP contribution in [0.4, 0.5) is 5.69 Å². The Balaban J connectivity index is 2.27. The van der Waals surface area contributed by atoms with Gasteiger partial charge >= 0.3 is 0 Å². The van der Waals surface area contributed by atoms with Crippen molar-refractivity contribution < 1.29 is 10.2 Å². The summed E-state index contributed by atoms with van der Waals surface area (Å²) < 4.78 is 0. The number of nitrogens with one attached hydrogen (secondary N) is 1. The Kier molecular flexibility index (Phi) is 4.07. The highest BCUT2D eigenvalue weighted by molar-refractivity contribution is 5.48. The molecule has 0 amide bonds. The maximum absolute atomic E-state index is 9.79. The van der Waals surface area contributed by atoms with Crippen molar-refractivity contribution in [3.63, 3.8) is 0 Å². The summed E-state index contributed by atoms with van der Waals surface area (Å²) >= 11 is 0. The summed E-state index contributed by atoms with van der Waals surface area (Å²) in [5.41, 5.74) is 3.58. The molecule has 2 aromatic rings. The van der Waals surface area contributed by atoms with Gasteiger partial charge in [0.05, 0.1) is 12.6 Å². The van der Waals surface area contributed by atoms with Crippen molar-refractivity contribution in [1.82, 2.24) is 0 Å². The van der Waals surface area contributed by atoms with Gasteiger partial charge in [0.1, 0.15) is 5.75 Å². The number of phenolic OH excluding ortho intramolecular Hbond substituents is 1. The smallest absolute Gasteiger partial charge is 0.121 e. The van der Waals surface area contributed by atoms with Gasteiger partial charge < -0.3 is 15.5 Å². The third-order valence-electron chi connectivity index (χ3n) is 3.21. The van der Waals surface area contributed by atoms with Crippen LogP contribution in [0.15, 0.2) is 42.5 Å². The molecule has 0 aliphatic rings. The van der Waals surface area contributed by atoms with Crippen molar-refractivity contribution in [2.75, 3.05) is 11.9 Å². The van der Waals surface area contributed by atoms with E-state index < -0.39 is 0 Å². The summed E-state index contributed by atoms with van der Waals surface area (Å²) in [4.78, 5) is 0. The van der Waals surface area contributed by atoms with Crippen molar-refractivity contribution in [1.29, 1.82) is 0 Å². The van der Waals surface area contributed by atoms with Crippen LogP contribution in [0.3, 0.4) is 0 Å². The van der Waals surface area contributed by atoms with Crippen molar-refractivity contribution in [2.24, 2.45) is 0 Å². The predicted molar refractivity (Wildman–Crippen MR) is 77.5 cm³/mol. The molecule has 0 heterocycles. The van der Waals surface area contributed by atoms with Gasteiger partial charge in [-0.3, -0.25) is 0 Å². The van der Waals surface area contributed by atoms with E-state index in [0.29, 0.717) is 5.75 Å². The number of anilines is 1. The first-order valence-corrected chi connectivity index (χ1v) is 6.34. The molecule has 0 radical (unpaired) electrons. The van der Waals surface area contributed by atoms with Gasteiger partial charge in [0.2, 0.25) is 0 Å². The highest BCUT2D eigenvalue weighted by Gasteiger charge is 2.13. The fourth-order valence-corrected chi connectivity index (χ4v) is 2.16. The minimum Gasteiger partial charge on any atom is -0.507 e. The molecule has 0 spiro atoms. The third-order valence-corrected chi connectivity index (χ3v) is 3.21. The molecule has 0 aliphatic heterocycles. The summed E-state index contributed by atoms with van der Waals surface area (Å²) in [6.45, 7) is 3.73. The number of para-hydroxylation sites is 1. The SMILES string of the molecule is Cc1cc(C(CO)Nc2ccccc2)cc(C)c1O. The van der Waals surface area contributed by atoms with Crippen LogP contribution in [0.1, 0.15) is 22.7 Å². The van der Waals surface area contributed by atoms with Gasteiger partial charge in [-0.2, -0.15) is 0 Å². The molecule has 19 heavy (non-hydrogen) atoms.